The van der Waals surface area contributed by atoms with Gasteiger partial charge in [-0.3, -0.25) is 4.79 Å². The summed E-state index contributed by atoms with van der Waals surface area (Å²) in [6, 6.07) is 0. The summed E-state index contributed by atoms with van der Waals surface area (Å²) >= 11 is 0. The Balaban J connectivity index is 3.41. The second-order valence-electron chi connectivity index (χ2n) is 3.99. The van der Waals surface area contributed by atoms with Crippen LogP contribution < -0.4 is 0 Å². The fourth-order valence-corrected chi connectivity index (χ4v) is 1.30. The van der Waals surface area contributed by atoms with Gasteiger partial charge in [-0.25, -0.2) is 4.79 Å². The smallest absolute Gasteiger partial charge is 0.342 e. The molecule has 4 heteroatoms. The lowest BCUT2D eigenvalue weighted by atomic mass is 10.1. The predicted octanol–water partition coefficient (Wildman–Crippen LogP) is 2.19. The minimum Gasteiger partial charge on any atom is -0.391 e. The highest BCUT2D eigenvalue weighted by atomic mass is 16.6. The summed E-state index contributed by atoms with van der Waals surface area (Å²) in [7, 11) is 0. The van der Waals surface area contributed by atoms with E-state index in [2.05, 4.69) is 11.7 Å². The van der Waals surface area contributed by atoms with Crippen LogP contribution in [-0.2, 0) is 14.3 Å². The van der Waals surface area contributed by atoms with Crippen LogP contribution in [0.25, 0.3) is 0 Å². The van der Waals surface area contributed by atoms with E-state index < -0.39 is 18.0 Å². The number of ether oxygens (including phenoxy) is 1. The molecule has 0 bridgehead atoms. The Bertz CT molecular complexity index is 211. The molecular formula is C12H22O4. The van der Waals surface area contributed by atoms with Gasteiger partial charge < -0.3 is 9.84 Å². The molecule has 0 heterocycles. The van der Waals surface area contributed by atoms with Gasteiger partial charge in [0.25, 0.3) is 0 Å². The third-order valence-electron chi connectivity index (χ3n) is 2.29. The summed E-state index contributed by atoms with van der Waals surface area (Å²) in [6.07, 6.45) is 5.49. The Morgan fingerprint density at radius 1 is 1.12 bits per heavy atom. The van der Waals surface area contributed by atoms with Crippen LogP contribution in [0.4, 0.5) is 0 Å². The number of esters is 2. The zero-order valence-corrected chi connectivity index (χ0v) is 10.2. The molecule has 0 aromatic rings. The van der Waals surface area contributed by atoms with E-state index in [-0.39, 0.29) is 6.42 Å². The maximum atomic E-state index is 11.1. The molecule has 0 aromatic carbocycles. The van der Waals surface area contributed by atoms with Gasteiger partial charge in [0, 0.05) is 6.42 Å². The van der Waals surface area contributed by atoms with Crippen LogP contribution in [0.15, 0.2) is 0 Å². The van der Waals surface area contributed by atoms with Crippen molar-refractivity contribution in [2.24, 2.45) is 0 Å². The molecule has 0 rings (SSSR count). The molecule has 0 saturated heterocycles. The van der Waals surface area contributed by atoms with Crippen molar-refractivity contribution in [2.45, 2.75) is 64.9 Å². The van der Waals surface area contributed by atoms with Crippen LogP contribution in [-0.4, -0.2) is 23.1 Å². The Morgan fingerprint density at radius 2 is 1.69 bits per heavy atom. The Labute approximate surface area is 97.0 Å². The van der Waals surface area contributed by atoms with Crippen LogP contribution >= 0.6 is 0 Å². The number of hydrogen-bond donors (Lipinski definition) is 1. The van der Waals surface area contributed by atoms with Gasteiger partial charge in [0.2, 0.25) is 0 Å². The zero-order chi connectivity index (χ0) is 12.4. The molecule has 0 saturated carbocycles. The highest BCUT2D eigenvalue weighted by Crippen LogP contribution is 2.07. The van der Waals surface area contributed by atoms with Crippen molar-refractivity contribution in [3.8, 4) is 0 Å². The maximum Gasteiger partial charge on any atom is 0.342 e. The molecule has 94 valence electrons. The van der Waals surface area contributed by atoms with Gasteiger partial charge >= 0.3 is 11.9 Å². The van der Waals surface area contributed by atoms with Crippen molar-refractivity contribution in [3.63, 3.8) is 0 Å². The molecule has 0 aliphatic heterocycles. The highest BCUT2D eigenvalue weighted by Gasteiger charge is 2.14. The number of aliphatic hydroxyl groups excluding tert-OH is 1. The molecule has 0 aliphatic rings. The molecule has 0 spiro atoms. The predicted molar refractivity (Wildman–Crippen MR) is 60.8 cm³/mol. The number of rotatable bonds is 8. The van der Waals surface area contributed by atoms with E-state index in [1.54, 1.807) is 0 Å². The SMILES string of the molecule is CCCCCCCCC(=O)OC(=O)C(C)O. The fourth-order valence-electron chi connectivity index (χ4n) is 1.30. The van der Waals surface area contributed by atoms with E-state index in [0.717, 1.165) is 19.3 Å². The van der Waals surface area contributed by atoms with Crippen LogP contribution in [0.2, 0.25) is 0 Å². The number of aliphatic hydroxyl groups is 1. The normalized spacial score (nSPS) is 12.2. The number of carbonyl (C=O) groups excluding carboxylic acids is 2. The molecule has 0 radical (unpaired) electrons. The van der Waals surface area contributed by atoms with E-state index in [1.165, 1.54) is 26.2 Å². The standard InChI is InChI=1S/C12H22O4/c1-3-4-5-6-7-8-9-11(14)16-12(15)10(2)13/h10,13H,3-9H2,1-2H3. The van der Waals surface area contributed by atoms with Crippen LogP contribution in [0.5, 0.6) is 0 Å². The molecule has 1 unspecified atom stereocenters. The molecule has 1 atom stereocenters. The fraction of sp³-hybridized carbons (Fsp3) is 0.833. The summed E-state index contributed by atoms with van der Waals surface area (Å²) in [5.74, 6) is -1.41. The average molecular weight is 230 g/mol. The largest absolute Gasteiger partial charge is 0.391 e. The summed E-state index contributed by atoms with van der Waals surface area (Å²) in [5, 5.41) is 8.81. The van der Waals surface area contributed by atoms with Gasteiger partial charge in [-0.05, 0) is 13.3 Å². The van der Waals surface area contributed by atoms with E-state index in [1.807, 2.05) is 0 Å². The van der Waals surface area contributed by atoms with Crippen molar-refractivity contribution in [2.75, 3.05) is 0 Å². The van der Waals surface area contributed by atoms with E-state index in [9.17, 15) is 9.59 Å². The first-order chi connectivity index (χ1) is 7.57. The van der Waals surface area contributed by atoms with E-state index >= 15 is 0 Å². The minimum atomic E-state index is -1.23. The summed E-state index contributed by atoms with van der Waals surface area (Å²) in [6.45, 7) is 3.43. The third-order valence-corrected chi connectivity index (χ3v) is 2.29. The third kappa shape index (κ3) is 8.41. The second-order valence-corrected chi connectivity index (χ2v) is 3.99. The molecule has 0 aromatic heterocycles. The first kappa shape index (κ1) is 15.1. The second kappa shape index (κ2) is 9.33. The lowest BCUT2D eigenvalue weighted by Gasteiger charge is -2.04. The molecule has 16 heavy (non-hydrogen) atoms. The Kier molecular flexibility index (Phi) is 8.81. The number of carbonyl (C=O) groups is 2. The zero-order valence-electron chi connectivity index (χ0n) is 10.2. The Hall–Kier alpha value is -0.900. The first-order valence-corrected chi connectivity index (χ1v) is 6.00. The monoisotopic (exact) mass is 230 g/mol. The summed E-state index contributed by atoms with van der Waals surface area (Å²) in [5.41, 5.74) is 0. The first-order valence-electron chi connectivity index (χ1n) is 6.00. The van der Waals surface area contributed by atoms with Crippen molar-refractivity contribution in [1.29, 1.82) is 0 Å². The van der Waals surface area contributed by atoms with Crippen LogP contribution in [0.3, 0.4) is 0 Å². The van der Waals surface area contributed by atoms with Gasteiger partial charge in [-0.15, -0.1) is 0 Å². The summed E-state index contributed by atoms with van der Waals surface area (Å²) < 4.78 is 4.41. The average Bonchev–Trinajstić information content (AvgIpc) is 2.23. The summed E-state index contributed by atoms with van der Waals surface area (Å²) in [4.78, 5) is 21.9. The van der Waals surface area contributed by atoms with Crippen molar-refractivity contribution >= 4 is 11.9 Å². The van der Waals surface area contributed by atoms with E-state index in [0.29, 0.717) is 0 Å². The van der Waals surface area contributed by atoms with Crippen LogP contribution in [0.1, 0.15) is 58.8 Å². The molecule has 0 amide bonds. The molecule has 4 nitrogen and oxygen atoms in total. The quantitative estimate of drug-likeness (QED) is 0.394. The van der Waals surface area contributed by atoms with Crippen molar-refractivity contribution in [1.82, 2.24) is 0 Å². The van der Waals surface area contributed by atoms with Gasteiger partial charge in [0.15, 0.2) is 0 Å². The minimum absolute atomic E-state index is 0.255. The van der Waals surface area contributed by atoms with Crippen molar-refractivity contribution in [3.05, 3.63) is 0 Å². The maximum absolute atomic E-state index is 11.1. The molecule has 1 N–H and O–H groups in total. The molecular weight excluding hydrogens is 208 g/mol. The molecule has 0 aliphatic carbocycles. The number of unbranched alkanes of at least 4 members (excludes halogenated alkanes) is 5. The van der Waals surface area contributed by atoms with Crippen LogP contribution in [0, 0.1) is 0 Å². The number of hydrogen-bond acceptors (Lipinski definition) is 4. The molecule has 0 fully saturated rings. The van der Waals surface area contributed by atoms with Gasteiger partial charge in [0.1, 0.15) is 6.10 Å². The van der Waals surface area contributed by atoms with E-state index in [4.69, 9.17) is 5.11 Å². The van der Waals surface area contributed by atoms with Gasteiger partial charge in [-0.1, -0.05) is 39.0 Å². The highest BCUT2D eigenvalue weighted by molar-refractivity contribution is 5.87. The Morgan fingerprint density at radius 3 is 2.25 bits per heavy atom. The topological polar surface area (TPSA) is 63.6 Å². The lowest BCUT2D eigenvalue weighted by molar-refractivity contribution is -0.165. The van der Waals surface area contributed by atoms with Gasteiger partial charge in [0.05, 0.1) is 0 Å². The lowest BCUT2D eigenvalue weighted by Crippen LogP contribution is -2.22. The van der Waals surface area contributed by atoms with Crippen molar-refractivity contribution < 1.29 is 19.4 Å². The van der Waals surface area contributed by atoms with Gasteiger partial charge in [-0.2, -0.15) is 0 Å².